The highest BCUT2D eigenvalue weighted by atomic mass is 16.5. The lowest BCUT2D eigenvalue weighted by atomic mass is 10.0. The smallest absolute Gasteiger partial charge is 0.248 e. The highest BCUT2D eigenvalue weighted by Gasteiger charge is 2.25. The first kappa shape index (κ1) is 18.3. The summed E-state index contributed by atoms with van der Waals surface area (Å²) in [5, 5.41) is 3.26. The van der Waals surface area contributed by atoms with Crippen LogP contribution in [0.3, 0.4) is 0 Å². The molecule has 1 aromatic carbocycles. The second kappa shape index (κ2) is 7.50. The van der Waals surface area contributed by atoms with E-state index in [-0.39, 0.29) is 0 Å². The van der Waals surface area contributed by atoms with Gasteiger partial charge in [0.05, 0.1) is 5.52 Å². The van der Waals surface area contributed by atoms with Gasteiger partial charge in [-0.25, -0.2) is 4.98 Å². The molecule has 2 heterocycles. The van der Waals surface area contributed by atoms with Crippen molar-refractivity contribution in [3.05, 3.63) is 65.0 Å². The van der Waals surface area contributed by atoms with Crippen molar-refractivity contribution < 1.29 is 4.74 Å². The molecule has 0 aliphatic heterocycles. The lowest BCUT2D eigenvalue weighted by molar-refractivity contribution is 0.460. The first-order valence-electron chi connectivity index (χ1n) is 9.79. The third kappa shape index (κ3) is 3.65. The molecule has 28 heavy (non-hydrogen) atoms. The van der Waals surface area contributed by atoms with Crippen LogP contribution in [0.2, 0.25) is 0 Å². The maximum atomic E-state index is 6.32. The van der Waals surface area contributed by atoms with Crippen molar-refractivity contribution >= 4 is 17.0 Å². The average molecular weight is 374 g/mol. The highest BCUT2D eigenvalue weighted by molar-refractivity contribution is 5.81. The van der Waals surface area contributed by atoms with Gasteiger partial charge in [0.25, 0.3) is 0 Å². The van der Waals surface area contributed by atoms with E-state index in [0.29, 0.717) is 11.8 Å². The van der Waals surface area contributed by atoms with Crippen molar-refractivity contribution in [3.63, 3.8) is 0 Å². The minimum atomic E-state index is 0.512. The second-order valence-corrected chi connectivity index (χ2v) is 7.32. The number of rotatable bonds is 6. The summed E-state index contributed by atoms with van der Waals surface area (Å²) in [6.07, 6.45) is 10.4. The molecule has 0 radical (unpaired) electrons. The van der Waals surface area contributed by atoms with Gasteiger partial charge in [0, 0.05) is 11.9 Å². The number of hydrogen-bond acceptors (Lipinski definition) is 4. The van der Waals surface area contributed by atoms with Crippen LogP contribution in [-0.2, 0) is 0 Å². The van der Waals surface area contributed by atoms with Crippen LogP contribution in [0.5, 0.6) is 11.6 Å². The normalized spacial score (nSPS) is 14.8. The molecule has 0 unspecified atom stereocenters. The molecule has 1 saturated carbocycles. The molecule has 1 aliphatic rings. The first-order valence-corrected chi connectivity index (χ1v) is 9.79. The first-order chi connectivity index (χ1) is 13.6. The van der Waals surface area contributed by atoms with E-state index < -0.39 is 0 Å². The van der Waals surface area contributed by atoms with Gasteiger partial charge in [-0.05, 0) is 75.3 Å². The largest absolute Gasteiger partial charge is 0.436 e. The Morgan fingerprint density at radius 2 is 1.93 bits per heavy atom. The number of ether oxygens (including phenoxy) is 1. The van der Waals surface area contributed by atoms with Crippen LogP contribution in [-0.4, -0.2) is 15.0 Å². The molecule has 0 spiro atoms. The Labute approximate surface area is 165 Å². The highest BCUT2D eigenvalue weighted by Crippen LogP contribution is 2.43. The molecule has 3 aromatic rings. The SMILES string of the molecule is C/C=C\C(=C/C)Nc1nc(Oc2c(C)cc(C3CC3)cc2C)c2[nH]ccc2n1. The monoisotopic (exact) mass is 374 g/mol. The number of nitrogens with zero attached hydrogens (tertiary/aromatic N) is 2. The minimum absolute atomic E-state index is 0.512. The molecule has 2 N–H and O–H groups in total. The van der Waals surface area contributed by atoms with E-state index in [0.717, 1.165) is 39.5 Å². The van der Waals surface area contributed by atoms with Crippen molar-refractivity contribution in [3.8, 4) is 11.6 Å². The van der Waals surface area contributed by atoms with Crippen molar-refractivity contribution in [2.45, 2.75) is 46.5 Å². The fourth-order valence-corrected chi connectivity index (χ4v) is 3.46. The molecule has 0 saturated heterocycles. The summed E-state index contributed by atoms with van der Waals surface area (Å²) in [5.74, 6) is 2.63. The maximum absolute atomic E-state index is 6.32. The lowest BCUT2D eigenvalue weighted by Crippen LogP contribution is -2.04. The van der Waals surface area contributed by atoms with Gasteiger partial charge in [-0.1, -0.05) is 24.3 Å². The van der Waals surface area contributed by atoms with Gasteiger partial charge in [-0.2, -0.15) is 4.98 Å². The average Bonchev–Trinajstić information content (AvgIpc) is 3.42. The molecule has 0 bridgehead atoms. The summed E-state index contributed by atoms with van der Waals surface area (Å²) in [4.78, 5) is 12.4. The predicted molar refractivity (Wildman–Crippen MR) is 114 cm³/mol. The number of benzene rings is 1. The van der Waals surface area contributed by atoms with Gasteiger partial charge < -0.3 is 15.0 Å². The van der Waals surface area contributed by atoms with Crippen LogP contribution >= 0.6 is 0 Å². The molecule has 5 heteroatoms. The Bertz CT molecular complexity index is 1050. The third-order valence-electron chi connectivity index (χ3n) is 5.02. The number of nitrogens with one attached hydrogen (secondary N) is 2. The van der Waals surface area contributed by atoms with Crippen LogP contribution < -0.4 is 10.1 Å². The van der Waals surface area contributed by atoms with Crippen LogP contribution in [0.25, 0.3) is 11.0 Å². The van der Waals surface area contributed by atoms with Gasteiger partial charge in [0.1, 0.15) is 11.3 Å². The molecule has 1 fully saturated rings. The van der Waals surface area contributed by atoms with Gasteiger partial charge in [0.15, 0.2) is 0 Å². The number of aromatic amines is 1. The number of anilines is 1. The number of H-pyrrole nitrogens is 1. The Hall–Kier alpha value is -3.08. The molecular weight excluding hydrogens is 348 g/mol. The van der Waals surface area contributed by atoms with Gasteiger partial charge in [-0.3, -0.25) is 0 Å². The Morgan fingerprint density at radius 1 is 1.18 bits per heavy atom. The molecule has 2 aromatic heterocycles. The van der Waals surface area contributed by atoms with Gasteiger partial charge in [-0.15, -0.1) is 0 Å². The Morgan fingerprint density at radius 3 is 2.57 bits per heavy atom. The molecular formula is C23H26N4O. The number of allylic oxidation sites excluding steroid dienone is 3. The standard InChI is InChI=1S/C23H26N4O/c1-5-7-18(6-2)25-23-26-19-10-11-24-20(19)22(27-23)28-21-14(3)12-17(13-15(21)4)16-8-9-16/h5-7,10-13,16,24H,8-9H2,1-4H3,(H,25,26,27)/b7-5-,18-6+. The summed E-state index contributed by atoms with van der Waals surface area (Å²) in [6.45, 7) is 8.16. The minimum Gasteiger partial charge on any atom is -0.436 e. The quantitative estimate of drug-likeness (QED) is 0.509. The lowest BCUT2D eigenvalue weighted by Gasteiger charge is -2.14. The predicted octanol–water partition coefficient (Wildman–Crippen LogP) is 6.14. The fraction of sp³-hybridized carbons (Fsp3) is 0.304. The van der Waals surface area contributed by atoms with E-state index in [1.54, 1.807) is 0 Å². The molecule has 1 aliphatic carbocycles. The molecule has 144 valence electrons. The number of aryl methyl sites for hydroxylation is 2. The maximum Gasteiger partial charge on any atom is 0.248 e. The van der Waals surface area contributed by atoms with E-state index in [2.05, 4.69) is 46.2 Å². The number of aromatic nitrogens is 3. The number of hydrogen-bond donors (Lipinski definition) is 2. The topological polar surface area (TPSA) is 62.8 Å². The van der Waals surface area contributed by atoms with Gasteiger partial charge >= 0.3 is 0 Å². The third-order valence-corrected chi connectivity index (χ3v) is 5.02. The van der Waals surface area contributed by atoms with Crippen molar-refractivity contribution in [2.75, 3.05) is 5.32 Å². The number of fused-ring (bicyclic) bond motifs is 1. The van der Waals surface area contributed by atoms with E-state index in [9.17, 15) is 0 Å². The van der Waals surface area contributed by atoms with Crippen molar-refractivity contribution in [1.29, 1.82) is 0 Å². The summed E-state index contributed by atoms with van der Waals surface area (Å²) in [7, 11) is 0. The Balaban J connectivity index is 1.71. The van der Waals surface area contributed by atoms with E-state index >= 15 is 0 Å². The molecule has 4 rings (SSSR count). The summed E-state index contributed by atoms with van der Waals surface area (Å²) in [6, 6.07) is 6.42. The zero-order chi connectivity index (χ0) is 19.7. The van der Waals surface area contributed by atoms with Gasteiger partial charge in [0.2, 0.25) is 11.8 Å². The van der Waals surface area contributed by atoms with E-state index in [4.69, 9.17) is 4.74 Å². The van der Waals surface area contributed by atoms with E-state index in [1.165, 1.54) is 18.4 Å². The van der Waals surface area contributed by atoms with E-state index in [1.807, 2.05) is 44.3 Å². The second-order valence-electron chi connectivity index (χ2n) is 7.32. The van der Waals surface area contributed by atoms with Crippen molar-refractivity contribution in [2.24, 2.45) is 0 Å². The fourth-order valence-electron chi connectivity index (χ4n) is 3.46. The van der Waals surface area contributed by atoms with Crippen LogP contribution in [0.15, 0.2) is 48.3 Å². The molecule has 0 amide bonds. The molecule has 5 nitrogen and oxygen atoms in total. The van der Waals surface area contributed by atoms with Crippen molar-refractivity contribution in [1.82, 2.24) is 15.0 Å². The molecule has 0 atom stereocenters. The zero-order valence-corrected chi connectivity index (χ0v) is 16.8. The van der Waals surface area contributed by atoms with Crippen LogP contribution in [0, 0.1) is 13.8 Å². The Kier molecular flexibility index (Phi) is 4.90. The van der Waals surface area contributed by atoms with Crippen LogP contribution in [0.1, 0.15) is 49.3 Å². The zero-order valence-electron chi connectivity index (χ0n) is 16.8. The summed E-state index contributed by atoms with van der Waals surface area (Å²) < 4.78 is 6.32. The summed E-state index contributed by atoms with van der Waals surface area (Å²) in [5.41, 5.74) is 6.23. The summed E-state index contributed by atoms with van der Waals surface area (Å²) >= 11 is 0. The van der Waals surface area contributed by atoms with Crippen LogP contribution in [0.4, 0.5) is 5.95 Å².